The zero-order valence-corrected chi connectivity index (χ0v) is 10.9. The minimum atomic E-state index is -0.0881. The number of nitrogens with two attached hydrogens (primary N) is 1. The highest BCUT2D eigenvalue weighted by molar-refractivity contribution is 6.33. The van der Waals surface area contributed by atoms with Crippen molar-refractivity contribution in [2.24, 2.45) is 0 Å². The molecule has 0 aromatic heterocycles. The van der Waals surface area contributed by atoms with Gasteiger partial charge in [0.05, 0.1) is 10.7 Å². The molecule has 0 atom stereocenters. The summed E-state index contributed by atoms with van der Waals surface area (Å²) in [5, 5.41) is 3.39. The standard InChI is InChI=1S/C13H17ClN2O2/c14-11-7-10(5-6-12(11)15)18-8-13(17)16-9-3-1-2-4-9/h5-7,9H,1-4,8,15H2,(H,16,17). The maximum absolute atomic E-state index is 11.6. The van der Waals surface area contributed by atoms with Gasteiger partial charge >= 0.3 is 0 Å². The van der Waals surface area contributed by atoms with Crippen molar-refractivity contribution in [3.8, 4) is 5.75 Å². The molecule has 4 nitrogen and oxygen atoms in total. The average molecular weight is 269 g/mol. The molecule has 18 heavy (non-hydrogen) atoms. The third-order valence-corrected chi connectivity index (χ3v) is 3.39. The Bertz CT molecular complexity index is 431. The van der Waals surface area contributed by atoms with Gasteiger partial charge < -0.3 is 15.8 Å². The Morgan fingerprint density at radius 1 is 1.44 bits per heavy atom. The van der Waals surface area contributed by atoms with Crippen molar-refractivity contribution in [3.05, 3.63) is 23.2 Å². The van der Waals surface area contributed by atoms with Crippen LogP contribution in [0.5, 0.6) is 5.75 Å². The number of benzene rings is 1. The third kappa shape index (κ3) is 3.53. The minimum absolute atomic E-state index is 0.0107. The molecule has 0 saturated heterocycles. The molecule has 3 N–H and O–H groups in total. The number of carbonyl (C=O) groups is 1. The number of halogens is 1. The predicted octanol–water partition coefficient (Wildman–Crippen LogP) is 2.36. The fraction of sp³-hybridized carbons (Fsp3) is 0.462. The van der Waals surface area contributed by atoms with Crippen LogP contribution in [0.15, 0.2) is 18.2 Å². The first-order valence-corrected chi connectivity index (χ1v) is 6.50. The summed E-state index contributed by atoms with van der Waals surface area (Å²) in [6.45, 7) is 0.0107. The van der Waals surface area contributed by atoms with Crippen LogP contribution < -0.4 is 15.8 Å². The number of carbonyl (C=O) groups excluding carboxylic acids is 1. The first-order valence-electron chi connectivity index (χ1n) is 6.12. The molecule has 1 aliphatic carbocycles. The number of ether oxygens (including phenoxy) is 1. The van der Waals surface area contributed by atoms with Crippen LogP contribution in [-0.4, -0.2) is 18.6 Å². The Hall–Kier alpha value is -1.42. The molecule has 1 aromatic carbocycles. The van der Waals surface area contributed by atoms with Gasteiger partial charge in [0, 0.05) is 12.1 Å². The lowest BCUT2D eigenvalue weighted by molar-refractivity contribution is -0.123. The van der Waals surface area contributed by atoms with E-state index in [1.165, 1.54) is 12.8 Å². The van der Waals surface area contributed by atoms with Crippen molar-refractivity contribution >= 4 is 23.2 Å². The smallest absolute Gasteiger partial charge is 0.258 e. The van der Waals surface area contributed by atoms with Gasteiger partial charge in [-0.3, -0.25) is 4.79 Å². The van der Waals surface area contributed by atoms with E-state index in [4.69, 9.17) is 22.1 Å². The molecule has 0 bridgehead atoms. The van der Waals surface area contributed by atoms with E-state index < -0.39 is 0 Å². The van der Waals surface area contributed by atoms with E-state index >= 15 is 0 Å². The van der Waals surface area contributed by atoms with Crippen molar-refractivity contribution in [2.45, 2.75) is 31.7 Å². The Morgan fingerprint density at radius 2 is 2.17 bits per heavy atom. The van der Waals surface area contributed by atoms with Crippen molar-refractivity contribution in [1.29, 1.82) is 0 Å². The van der Waals surface area contributed by atoms with Crippen molar-refractivity contribution in [2.75, 3.05) is 12.3 Å². The maximum atomic E-state index is 11.6. The molecule has 0 radical (unpaired) electrons. The number of nitrogen functional groups attached to an aromatic ring is 1. The van der Waals surface area contributed by atoms with Crippen molar-refractivity contribution in [1.82, 2.24) is 5.32 Å². The van der Waals surface area contributed by atoms with Gasteiger partial charge in [-0.05, 0) is 25.0 Å². The molecule has 5 heteroatoms. The molecule has 0 unspecified atom stereocenters. The number of anilines is 1. The quantitative estimate of drug-likeness (QED) is 0.824. The molecule has 0 heterocycles. The lowest BCUT2D eigenvalue weighted by Crippen LogP contribution is -2.36. The van der Waals surface area contributed by atoms with E-state index in [-0.39, 0.29) is 12.5 Å². The minimum Gasteiger partial charge on any atom is -0.484 e. The van der Waals surface area contributed by atoms with Gasteiger partial charge in [-0.25, -0.2) is 0 Å². The van der Waals surface area contributed by atoms with Crippen LogP contribution in [0.2, 0.25) is 5.02 Å². The second-order valence-electron chi connectivity index (χ2n) is 4.52. The first kappa shape index (κ1) is 13.0. The summed E-state index contributed by atoms with van der Waals surface area (Å²) in [6.07, 6.45) is 4.53. The summed E-state index contributed by atoms with van der Waals surface area (Å²) >= 11 is 5.86. The molecule has 1 aromatic rings. The second kappa shape index (κ2) is 5.96. The molecule has 1 saturated carbocycles. The average Bonchev–Trinajstić information content (AvgIpc) is 2.83. The molecule has 0 spiro atoms. The number of amides is 1. The van der Waals surface area contributed by atoms with Crippen LogP contribution in [0.25, 0.3) is 0 Å². The van der Waals surface area contributed by atoms with E-state index in [1.807, 2.05) is 0 Å². The second-order valence-corrected chi connectivity index (χ2v) is 4.93. The highest BCUT2D eigenvalue weighted by Crippen LogP contribution is 2.24. The predicted molar refractivity (Wildman–Crippen MR) is 71.8 cm³/mol. The number of hydrogen-bond acceptors (Lipinski definition) is 3. The molecule has 1 amide bonds. The molecule has 1 fully saturated rings. The highest BCUT2D eigenvalue weighted by Gasteiger charge is 2.17. The van der Waals surface area contributed by atoms with Gasteiger partial charge in [0.25, 0.3) is 5.91 Å². The molecular weight excluding hydrogens is 252 g/mol. The molecule has 98 valence electrons. The van der Waals surface area contributed by atoms with E-state index in [0.717, 1.165) is 12.8 Å². The Morgan fingerprint density at radius 3 is 2.83 bits per heavy atom. The summed E-state index contributed by atoms with van der Waals surface area (Å²) in [4.78, 5) is 11.6. The monoisotopic (exact) mass is 268 g/mol. The Labute approximate surface area is 111 Å². The summed E-state index contributed by atoms with van der Waals surface area (Å²) in [5.74, 6) is 0.464. The zero-order chi connectivity index (χ0) is 13.0. The van der Waals surface area contributed by atoms with Crippen LogP contribution in [0, 0.1) is 0 Å². The largest absolute Gasteiger partial charge is 0.484 e. The van der Waals surface area contributed by atoms with Gasteiger partial charge in [-0.1, -0.05) is 24.4 Å². The third-order valence-electron chi connectivity index (χ3n) is 3.06. The van der Waals surface area contributed by atoms with Crippen LogP contribution in [-0.2, 0) is 4.79 Å². The lowest BCUT2D eigenvalue weighted by Gasteiger charge is -2.12. The fourth-order valence-corrected chi connectivity index (χ4v) is 2.26. The molecular formula is C13H17ClN2O2. The van der Waals surface area contributed by atoms with Gasteiger partial charge in [0.2, 0.25) is 0 Å². The number of hydrogen-bond donors (Lipinski definition) is 2. The van der Waals surface area contributed by atoms with Gasteiger partial charge in [0.1, 0.15) is 5.75 Å². The first-order chi connectivity index (χ1) is 8.65. The number of nitrogens with one attached hydrogen (secondary N) is 1. The number of rotatable bonds is 4. The summed E-state index contributed by atoms with van der Waals surface area (Å²) in [5.41, 5.74) is 6.09. The van der Waals surface area contributed by atoms with Gasteiger partial charge in [-0.15, -0.1) is 0 Å². The van der Waals surface area contributed by atoms with E-state index in [1.54, 1.807) is 18.2 Å². The molecule has 0 aliphatic heterocycles. The van der Waals surface area contributed by atoms with E-state index in [0.29, 0.717) is 22.5 Å². The highest BCUT2D eigenvalue weighted by atomic mass is 35.5. The van der Waals surface area contributed by atoms with E-state index in [9.17, 15) is 4.79 Å². The molecule has 2 rings (SSSR count). The van der Waals surface area contributed by atoms with Gasteiger partial charge in [0.15, 0.2) is 6.61 Å². The zero-order valence-electron chi connectivity index (χ0n) is 10.1. The fourth-order valence-electron chi connectivity index (χ4n) is 2.09. The van der Waals surface area contributed by atoms with Crippen molar-refractivity contribution < 1.29 is 9.53 Å². The summed E-state index contributed by atoms with van der Waals surface area (Å²) < 4.78 is 5.36. The summed E-state index contributed by atoms with van der Waals surface area (Å²) in [7, 11) is 0. The normalized spacial score (nSPS) is 15.6. The Balaban J connectivity index is 1.79. The Kier molecular flexibility index (Phi) is 4.31. The van der Waals surface area contributed by atoms with Gasteiger partial charge in [-0.2, -0.15) is 0 Å². The topological polar surface area (TPSA) is 64.3 Å². The van der Waals surface area contributed by atoms with Crippen LogP contribution in [0.1, 0.15) is 25.7 Å². The summed E-state index contributed by atoms with van der Waals surface area (Å²) in [6, 6.07) is 5.28. The van der Waals surface area contributed by atoms with Crippen molar-refractivity contribution in [3.63, 3.8) is 0 Å². The SMILES string of the molecule is Nc1ccc(OCC(=O)NC2CCCC2)cc1Cl. The molecule has 1 aliphatic rings. The maximum Gasteiger partial charge on any atom is 0.258 e. The van der Waals surface area contributed by atoms with Crippen LogP contribution in [0.3, 0.4) is 0 Å². The van der Waals surface area contributed by atoms with E-state index in [2.05, 4.69) is 5.32 Å². The lowest BCUT2D eigenvalue weighted by atomic mass is 10.2. The van der Waals surface area contributed by atoms with Crippen LogP contribution >= 0.6 is 11.6 Å². The van der Waals surface area contributed by atoms with Crippen LogP contribution in [0.4, 0.5) is 5.69 Å².